The molecule has 1 nitrogen and oxygen atoms in total. The monoisotopic (exact) mass is 327 g/mol. The minimum atomic E-state index is -0.255. The maximum absolute atomic E-state index is 13.2. The number of nitrogens with zero attached hydrogens (tertiary/aromatic N) is 1. The first-order valence-corrected chi connectivity index (χ1v) is 7.06. The Kier molecular flexibility index (Phi) is 3.63. The van der Waals surface area contributed by atoms with Crippen LogP contribution >= 0.6 is 34.8 Å². The zero-order valence-corrected chi connectivity index (χ0v) is 12.5. The molecule has 0 saturated heterocycles. The molecule has 0 amide bonds. The van der Waals surface area contributed by atoms with Crippen LogP contribution in [0.1, 0.15) is 5.56 Å². The number of aromatic nitrogens is 1. The number of hydrogen-bond donors (Lipinski definition) is 0. The van der Waals surface area contributed by atoms with Crippen LogP contribution in [0.25, 0.3) is 10.9 Å². The Balaban J connectivity index is 2.08. The molecule has 0 atom stereocenters. The number of halogens is 4. The molecule has 0 aliphatic heterocycles. The van der Waals surface area contributed by atoms with E-state index in [2.05, 4.69) is 0 Å². The molecule has 1 heterocycles. The smallest absolute Gasteiger partial charge is 0.123 e. The van der Waals surface area contributed by atoms with Crippen molar-refractivity contribution in [2.24, 2.45) is 0 Å². The van der Waals surface area contributed by atoms with E-state index in [0.29, 0.717) is 21.6 Å². The molecule has 3 rings (SSSR count). The molecule has 1 aromatic heterocycles. The van der Waals surface area contributed by atoms with Crippen LogP contribution in [0.15, 0.2) is 42.6 Å². The van der Waals surface area contributed by atoms with Crippen LogP contribution in [0.3, 0.4) is 0 Å². The first kappa shape index (κ1) is 13.7. The fourth-order valence-electron chi connectivity index (χ4n) is 2.19. The number of hydrogen-bond acceptors (Lipinski definition) is 0. The third-order valence-electron chi connectivity index (χ3n) is 3.20. The van der Waals surface area contributed by atoms with Gasteiger partial charge in [0.2, 0.25) is 0 Å². The third kappa shape index (κ3) is 2.39. The van der Waals surface area contributed by atoms with Crippen molar-refractivity contribution in [2.45, 2.75) is 6.54 Å². The summed E-state index contributed by atoms with van der Waals surface area (Å²) in [6.07, 6.45) is 1.87. The van der Waals surface area contributed by atoms with Gasteiger partial charge < -0.3 is 4.57 Å². The molecule has 0 aliphatic carbocycles. The molecular weight excluding hydrogens is 320 g/mol. The molecule has 0 unspecified atom stereocenters. The molecule has 0 N–H and O–H groups in total. The second-order valence-corrected chi connectivity index (χ2v) is 5.66. The van der Waals surface area contributed by atoms with E-state index in [1.807, 2.05) is 16.8 Å². The van der Waals surface area contributed by atoms with E-state index in [9.17, 15) is 4.39 Å². The molecule has 102 valence electrons. The first-order valence-electron chi connectivity index (χ1n) is 5.93. The van der Waals surface area contributed by atoms with E-state index in [-0.39, 0.29) is 5.82 Å². The summed E-state index contributed by atoms with van der Waals surface area (Å²) in [6.45, 7) is 0.480. The second kappa shape index (κ2) is 5.28. The molecule has 5 heteroatoms. The molecule has 3 aromatic rings. The lowest BCUT2D eigenvalue weighted by Gasteiger charge is -2.11. The van der Waals surface area contributed by atoms with Crippen molar-refractivity contribution in [1.29, 1.82) is 0 Å². The van der Waals surface area contributed by atoms with E-state index < -0.39 is 0 Å². The van der Waals surface area contributed by atoms with Crippen LogP contribution < -0.4 is 0 Å². The topological polar surface area (TPSA) is 4.93 Å². The Morgan fingerprint density at radius 3 is 2.50 bits per heavy atom. The summed E-state index contributed by atoms with van der Waals surface area (Å²) >= 11 is 18.4. The average molecular weight is 329 g/mol. The van der Waals surface area contributed by atoms with Crippen molar-refractivity contribution in [3.05, 3.63) is 69.0 Å². The summed E-state index contributed by atoms with van der Waals surface area (Å²) in [5.74, 6) is -0.255. The SMILES string of the molecule is Fc1ccc2c(ccn2Cc2c(Cl)ccc(Cl)c2Cl)c1. The van der Waals surface area contributed by atoms with Gasteiger partial charge in [-0.1, -0.05) is 34.8 Å². The van der Waals surface area contributed by atoms with E-state index in [0.717, 1.165) is 16.5 Å². The van der Waals surface area contributed by atoms with Crippen molar-refractivity contribution in [3.8, 4) is 0 Å². The van der Waals surface area contributed by atoms with E-state index in [1.54, 1.807) is 18.2 Å². The van der Waals surface area contributed by atoms with Crippen LogP contribution in [0, 0.1) is 5.82 Å². The van der Waals surface area contributed by atoms with E-state index in [4.69, 9.17) is 34.8 Å². The van der Waals surface area contributed by atoms with Crippen LogP contribution in [0.5, 0.6) is 0 Å². The summed E-state index contributed by atoms with van der Waals surface area (Å²) in [4.78, 5) is 0. The number of fused-ring (bicyclic) bond motifs is 1. The van der Waals surface area contributed by atoms with Gasteiger partial charge in [-0.2, -0.15) is 0 Å². The second-order valence-electron chi connectivity index (χ2n) is 4.47. The highest BCUT2D eigenvalue weighted by Crippen LogP contribution is 2.32. The highest BCUT2D eigenvalue weighted by molar-refractivity contribution is 6.44. The van der Waals surface area contributed by atoms with Gasteiger partial charge in [0.15, 0.2) is 0 Å². The summed E-state index contributed by atoms with van der Waals surface area (Å²) < 4.78 is 15.1. The minimum Gasteiger partial charge on any atom is -0.343 e. The summed E-state index contributed by atoms with van der Waals surface area (Å²) in [7, 11) is 0. The summed E-state index contributed by atoms with van der Waals surface area (Å²) in [5.41, 5.74) is 1.67. The van der Waals surface area contributed by atoms with Crippen molar-refractivity contribution in [1.82, 2.24) is 4.57 Å². The lowest BCUT2D eigenvalue weighted by atomic mass is 10.2. The van der Waals surface area contributed by atoms with Crippen LogP contribution in [-0.2, 0) is 6.54 Å². The zero-order valence-electron chi connectivity index (χ0n) is 10.2. The highest BCUT2D eigenvalue weighted by Gasteiger charge is 2.11. The molecule has 0 saturated carbocycles. The number of benzene rings is 2. The van der Waals surface area contributed by atoms with Gasteiger partial charge in [0, 0.05) is 27.7 Å². The summed E-state index contributed by atoms with van der Waals surface area (Å²) in [6, 6.07) is 9.89. The lowest BCUT2D eigenvalue weighted by molar-refractivity contribution is 0.629. The molecule has 0 aliphatic rings. The molecule has 20 heavy (non-hydrogen) atoms. The number of rotatable bonds is 2. The largest absolute Gasteiger partial charge is 0.343 e. The van der Waals surface area contributed by atoms with E-state index >= 15 is 0 Å². The van der Waals surface area contributed by atoms with Crippen molar-refractivity contribution in [2.75, 3.05) is 0 Å². The Morgan fingerprint density at radius 2 is 1.70 bits per heavy atom. The molecule has 0 fully saturated rings. The van der Waals surface area contributed by atoms with Crippen molar-refractivity contribution >= 4 is 45.7 Å². The highest BCUT2D eigenvalue weighted by atomic mass is 35.5. The first-order chi connectivity index (χ1) is 9.56. The molecule has 2 aromatic carbocycles. The maximum atomic E-state index is 13.2. The Hall–Kier alpha value is -1.22. The normalized spacial score (nSPS) is 11.2. The Labute approximate surface area is 130 Å². The van der Waals surface area contributed by atoms with Gasteiger partial charge in [0.25, 0.3) is 0 Å². The molecule has 0 radical (unpaired) electrons. The average Bonchev–Trinajstić information content (AvgIpc) is 2.81. The van der Waals surface area contributed by atoms with Crippen molar-refractivity contribution in [3.63, 3.8) is 0 Å². The molecule has 0 bridgehead atoms. The van der Waals surface area contributed by atoms with E-state index in [1.165, 1.54) is 12.1 Å². The van der Waals surface area contributed by atoms with Crippen LogP contribution in [0.2, 0.25) is 15.1 Å². The quantitative estimate of drug-likeness (QED) is 0.525. The third-order valence-corrected chi connectivity index (χ3v) is 4.40. The van der Waals surface area contributed by atoms with Gasteiger partial charge >= 0.3 is 0 Å². The van der Waals surface area contributed by atoms with Gasteiger partial charge in [0.05, 0.1) is 16.6 Å². The lowest BCUT2D eigenvalue weighted by Crippen LogP contribution is -2.00. The fourth-order valence-corrected chi connectivity index (χ4v) is 2.86. The summed E-state index contributed by atoms with van der Waals surface area (Å²) in [5, 5.41) is 2.30. The molecule has 0 spiro atoms. The predicted molar refractivity (Wildman–Crippen MR) is 82.5 cm³/mol. The zero-order chi connectivity index (χ0) is 14.3. The van der Waals surface area contributed by atoms with Gasteiger partial charge in [-0.15, -0.1) is 0 Å². The van der Waals surface area contributed by atoms with Gasteiger partial charge in [-0.3, -0.25) is 0 Å². The van der Waals surface area contributed by atoms with Crippen LogP contribution in [0.4, 0.5) is 4.39 Å². The van der Waals surface area contributed by atoms with Gasteiger partial charge in [0.1, 0.15) is 5.82 Å². The van der Waals surface area contributed by atoms with Crippen LogP contribution in [-0.4, -0.2) is 4.57 Å². The van der Waals surface area contributed by atoms with Crippen molar-refractivity contribution < 1.29 is 4.39 Å². The van der Waals surface area contributed by atoms with Gasteiger partial charge in [-0.25, -0.2) is 4.39 Å². The Bertz CT molecular complexity index is 795. The fraction of sp³-hybridized carbons (Fsp3) is 0.0667. The van der Waals surface area contributed by atoms with Gasteiger partial charge in [-0.05, 0) is 36.4 Å². The molecular formula is C15H9Cl3FN. The maximum Gasteiger partial charge on any atom is 0.123 e. The standard InChI is InChI=1S/C15H9Cl3FN/c16-12-2-3-13(17)15(18)11(12)8-20-6-5-9-7-10(19)1-4-14(9)20/h1-7H,8H2. The minimum absolute atomic E-state index is 0.255. The Morgan fingerprint density at radius 1 is 0.950 bits per heavy atom. The predicted octanol–water partition coefficient (Wildman–Crippen LogP) is 5.79.